The number of nitrogens with one attached hydrogen (secondary N) is 2. The van der Waals surface area contributed by atoms with Crippen LogP contribution in [0.4, 0.5) is 4.39 Å². The molecule has 0 aliphatic rings. The van der Waals surface area contributed by atoms with E-state index in [1.54, 1.807) is 6.07 Å². The zero-order valence-electron chi connectivity index (χ0n) is 14.5. The van der Waals surface area contributed by atoms with Crippen molar-refractivity contribution < 1.29 is 9.50 Å². The molecule has 0 saturated carbocycles. The van der Waals surface area contributed by atoms with E-state index in [1.165, 1.54) is 17.7 Å². The molecule has 0 saturated heterocycles. The molecule has 0 aliphatic heterocycles. The topological polar surface area (TPSA) is 56.7 Å². The van der Waals surface area contributed by atoms with E-state index in [9.17, 15) is 9.50 Å². The van der Waals surface area contributed by atoms with Crippen LogP contribution in [0.3, 0.4) is 0 Å². The second kappa shape index (κ2) is 10.9. The average Bonchev–Trinajstić information content (AvgIpc) is 2.60. The van der Waals surface area contributed by atoms with Crippen molar-refractivity contribution in [3.63, 3.8) is 0 Å². The van der Waals surface area contributed by atoms with Gasteiger partial charge in [0.2, 0.25) is 0 Å². The normalized spacial score (nSPS) is 12.2. The molecule has 0 heterocycles. The van der Waals surface area contributed by atoms with E-state index >= 15 is 0 Å². The number of hydrogen-bond acceptors (Lipinski definition) is 2. The summed E-state index contributed by atoms with van der Waals surface area (Å²) < 4.78 is 13.4. The Morgan fingerprint density at radius 2 is 1.88 bits per heavy atom. The number of halogens is 2. The molecule has 0 spiro atoms. The third kappa shape index (κ3) is 6.89. The first kappa shape index (κ1) is 21.2. The number of guanidine groups is 1. The summed E-state index contributed by atoms with van der Waals surface area (Å²) in [6.45, 7) is 5.99. The molecular formula is C19H25FIN3O. The van der Waals surface area contributed by atoms with Gasteiger partial charge in [0.15, 0.2) is 17.5 Å². The smallest absolute Gasteiger partial charge is 0.191 e. The maximum absolute atomic E-state index is 13.4. The molecule has 0 bridgehead atoms. The van der Waals surface area contributed by atoms with E-state index in [4.69, 9.17) is 0 Å². The Bertz CT molecular complexity index is 680. The fourth-order valence-corrected chi connectivity index (χ4v) is 2.31. The van der Waals surface area contributed by atoms with Gasteiger partial charge in [0.25, 0.3) is 0 Å². The molecule has 0 amide bonds. The number of nitrogens with zero attached hydrogens (tertiary/aromatic N) is 1. The van der Waals surface area contributed by atoms with E-state index in [0.717, 1.165) is 13.1 Å². The predicted octanol–water partition coefficient (Wildman–Crippen LogP) is 4.01. The van der Waals surface area contributed by atoms with Crippen LogP contribution in [0.15, 0.2) is 53.5 Å². The zero-order valence-corrected chi connectivity index (χ0v) is 16.8. The van der Waals surface area contributed by atoms with Crippen LogP contribution in [0.25, 0.3) is 0 Å². The van der Waals surface area contributed by atoms with Crippen molar-refractivity contribution in [3.8, 4) is 5.75 Å². The SMILES string of the molecule is CCNC(=NCc1ccc(O)c(F)c1)NCC(C)c1ccccc1.I. The van der Waals surface area contributed by atoms with Crippen molar-refractivity contribution in [2.45, 2.75) is 26.3 Å². The minimum Gasteiger partial charge on any atom is -0.505 e. The molecule has 4 nitrogen and oxygen atoms in total. The molecule has 2 aromatic carbocycles. The first-order chi connectivity index (χ1) is 11.6. The summed E-state index contributed by atoms with van der Waals surface area (Å²) in [4.78, 5) is 4.47. The molecule has 2 aromatic rings. The second-order valence-corrected chi connectivity index (χ2v) is 5.67. The van der Waals surface area contributed by atoms with Gasteiger partial charge in [-0.1, -0.05) is 43.3 Å². The molecule has 136 valence electrons. The first-order valence-corrected chi connectivity index (χ1v) is 8.14. The van der Waals surface area contributed by atoms with Crippen molar-refractivity contribution in [3.05, 3.63) is 65.5 Å². The van der Waals surface area contributed by atoms with Gasteiger partial charge in [0.05, 0.1) is 6.54 Å². The lowest BCUT2D eigenvalue weighted by atomic mass is 10.0. The standard InChI is InChI=1S/C19H24FN3O.HI/c1-3-21-19(22-12-14(2)16-7-5-4-6-8-16)23-13-15-9-10-18(24)17(20)11-15;/h4-11,14,24H,3,12-13H2,1-2H3,(H2,21,22,23);1H. The average molecular weight is 457 g/mol. The Balaban J connectivity index is 0.00000312. The highest BCUT2D eigenvalue weighted by Crippen LogP contribution is 2.16. The molecular weight excluding hydrogens is 432 g/mol. The predicted molar refractivity (Wildman–Crippen MR) is 111 cm³/mol. The summed E-state index contributed by atoms with van der Waals surface area (Å²) in [6, 6.07) is 14.6. The Kier molecular flexibility index (Phi) is 9.26. The van der Waals surface area contributed by atoms with Crippen LogP contribution >= 0.6 is 24.0 Å². The molecule has 0 aliphatic carbocycles. The maximum Gasteiger partial charge on any atom is 0.191 e. The number of aromatic hydroxyl groups is 1. The van der Waals surface area contributed by atoms with Crippen molar-refractivity contribution >= 4 is 29.9 Å². The summed E-state index contributed by atoms with van der Waals surface area (Å²) in [6.07, 6.45) is 0. The van der Waals surface area contributed by atoms with Crippen LogP contribution in [0.2, 0.25) is 0 Å². The van der Waals surface area contributed by atoms with Crippen LogP contribution < -0.4 is 10.6 Å². The lowest BCUT2D eigenvalue weighted by molar-refractivity contribution is 0.432. The van der Waals surface area contributed by atoms with E-state index in [0.29, 0.717) is 24.0 Å². The fourth-order valence-electron chi connectivity index (χ4n) is 2.31. The summed E-state index contributed by atoms with van der Waals surface area (Å²) in [5.41, 5.74) is 1.97. The number of rotatable bonds is 6. The quantitative estimate of drug-likeness (QED) is 0.349. The molecule has 2 rings (SSSR count). The summed E-state index contributed by atoms with van der Waals surface area (Å²) in [5.74, 6) is 0.0674. The second-order valence-electron chi connectivity index (χ2n) is 5.67. The molecule has 6 heteroatoms. The Morgan fingerprint density at radius 3 is 2.52 bits per heavy atom. The van der Waals surface area contributed by atoms with Crippen LogP contribution in [0, 0.1) is 5.82 Å². The third-order valence-electron chi connectivity index (χ3n) is 3.72. The zero-order chi connectivity index (χ0) is 17.4. The lowest BCUT2D eigenvalue weighted by Crippen LogP contribution is -2.39. The maximum atomic E-state index is 13.4. The lowest BCUT2D eigenvalue weighted by Gasteiger charge is -2.16. The van der Waals surface area contributed by atoms with E-state index < -0.39 is 5.82 Å². The van der Waals surface area contributed by atoms with Gasteiger partial charge < -0.3 is 15.7 Å². The van der Waals surface area contributed by atoms with Gasteiger partial charge in [0.1, 0.15) is 0 Å². The van der Waals surface area contributed by atoms with Gasteiger partial charge >= 0.3 is 0 Å². The fraction of sp³-hybridized carbons (Fsp3) is 0.316. The number of benzene rings is 2. The first-order valence-electron chi connectivity index (χ1n) is 8.14. The number of phenols is 1. The summed E-state index contributed by atoms with van der Waals surface area (Å²) >= 11 is 0. The highest BCUT2D eigenvalue weighted by molar-refractivity contribution is 14.0. The molecule has 0 aromatic heterocycles. The molecule has 1 unspecified atom stereocenters. The Labute approximate surface area is 165 Å². The van der Waals surface area contributed by atoms with Gasteiger partial charge in [-0.3, -0.25) is 0 Å². The minimum atomic E-state index is -0.627. The van der Waals surface area contributed by atoms with Gasteiger partial charge in [-0.05, 0) is 36.1 Å². The molecule has 3 N–H and O–H groups in total. The molecule has 1 atom stereocenters. The Morgan fingerprint density at radius 1 is 1.16 bits per heavy atom. The molecule has 25 heavy (non-hydrogen) atoms. The van der Waals surface area contributed by atoms with Crippen LogP contribution in [-0.4, -0.2) is 24.2 Å². The van der Waals surface area contributed by atoms with Gasteiger partial charge in [0, 0.05) is 13.1 Å². The highest BCUT2D eigenvalue weighted by atomic mass is 127. The third-order valence-corrected chi connectivity index (χ3v) is 3.72. The van der Waals surface area contributed by atoms with Crippen molar-refractivity contribution in [2.75, 3.05) is 13.1 Å². The van der Waals surface area contributed by atoms with Crippen LogP contribution in [0.5, 0.6) is 5.75 Å². The largest absolute Gasteiger partial charge is 0.505 e. The van der Waals surface area contributed by atoms with Crippen molar-refractivity contribution in [2.24, 2.45) is 4.99 Å². The van der Waals surface area contributed by atoms with Gasteiger partial charge in [-0.25, -0.2) is 9.38 Å². The van der Waals surface area contributed by atoms with E-state index in [-0.39, 0.29) is 29.7 Å². The van der Waals surface area contributed by atoms with Gasteiger partial charge in [-0.2, -0.15) is 0 Å². The summed E-state index contributed by atoms with van der Waals surface area (Å²) in [7, 11) is 0. The van der Waals surface area contributed by atoms with Crippen molar-refractivity contribution in [1.82, 2.24) is 10.6 Å². The monoisotopic (exact) mass is 457 g/mol. The number of hydrogen-bond donors (Lipinski definition) is 3. The van der Waals surface area contributed by atoms with Crippen LogP contribution in [-0.2, 0) is 6.54 Å². The highest BCUT2D eigenvalue weighted by Gasteiger charge is 2.06. The number of aliphatic imine (C=N–C) groups is 1. The Hall–Kier alpha value is -1.83. The van der Waals surface area contributed by atoms with Crippen molar-refractivity contribution in [1.29, 1.82) is 0 Å². The van der Waals surface area contributed by atoms with Crippen LogP contribution in [0.1, 0.15) is 30.9 Å². The van der Waals surface area contributed by atoms with Gasteiger partial charge in [-0.15, -0.1) is 24.0 Å². The molecule has 0 fully saturated rings. The van der Waals surface area contributed by atoms with E-state index in [1.807, 2.05) is 25.1 Å². The van der Waals surface area contributed by atoms with E-state index in [2.05, 4.69) is 34.7 Å². The molecule has 0 radical (unpaired) electrons. The number of phenolic OH excluding ortho intramolecular Hbond substituents is 1. The summed E-state index contributed by atoms with van der Waals surface area (Å²) in [5, 5.41) is 15.7. The minimum absolute atomic E-state index is 0.